The smallest absolute Gasteiger partial charge is 0.305 e. The maximum Gasteiger partial charge on any atom is 0.305 e. The fourth-order valence-electron chi connectivity index (χ4n) is 3.04. The van der Waals surface area contributed by atoms with Gasteiger partial charge in [-0.1, -0.05) is 0 Å². The van der Waals surface area contributed by atoms with E-state index in [0.717, 1.165) is 11.3 Å². The van der Waals surface area contributed by atoms with Crippen LogP contribution >= 0.6 is 11.8 Å². The van der Waals surface area contributed by atoms with E-state index in [4.69, 9.17) is 5.11 Å². The van der Waals surface area contributed by atoms with Gasteiger partial charge in [0.25, 0.3) is 5.69 Å². The quantitative estimate of drug-likeness (QED) is 0.620. The van der Waals surface area contributed by atoms with Crippen LogP contribution in [0.5, 0.6) is 0 Å². The number of carbonyl (C=O) groups is 2. The minimum Gasteiger partial charge on any atom is -0.481 e. The lowest BCUT2D eigenvalue weighted by molar-refractivity contribution is -0.384. The SMILES string of the molecule is O=C(O)CC1CSCCN1C(=O)Cc1c[nH]c2ccc([N+](=O)[O-])cc12. The number of carboxylic acid groups (broad SMARTS) is 1. The summed E-state index contributed by atoms with van der Waals surface area (Å²) in [7, 11) is 0. The van der Waals surface area contributed by atoms with Crippen LogP contribution in [0.2, 0.25) is 0 Å². The van der Waals surface area contributed by atoms with Crippen molar-refractivity contribution in [1.29, 1.82) is 0 Å². The number of nitro benzene ring substituents is 1. The first-order chi connectivity index (χ1) is 12.0. The van der Waals surface area contributed by atoms with Crippen molar-refractivity contribution in [3.8, 4) is 0 Å². The molecular weight excluding hydrogens is 346 g/mol. The second-order valence-corrected chi connectivity index (χ2v) is 7.04. The molecule has 25 heavy (non-hydrogen) atoms. The lowest BCUT2D eigenvalue weighted by atomic mass is 10.1. The van der Waals surface area contributed by atoms with Crippen molar-refractivity contribution in [2.75, 3.05) is 18.1 Å². The molecule has 1 aliphatic rings. The van der Waals surface area contributed by atoms with Crippen LogP contribution in [0.15, 0.2) is 24.4 Å². The van der Waals surface area contributed by atoms with Crippen molar-refractivity contribution >= 4 is 40.2 Å². The molecule has 2 heterocycles. The number of nitro groups is 1. The molecule has 3 rings (SSSR count). The van der Waals surface area contributed by atoms with Gasteiger partial charge >= 0.3 is 5.97 Å². The minimum absolute atomic E-state index is 0.0288. The summed E-state index contributed by atoms with van der Waals surface area (Å²) in [6.07, 6.45) is 1.69. The third kappa shape index (κ3) is 3.76. The number of aromatic nitrogens is 1. The minimum atomic E-state index is -0.923. The normalized spacial score (nSPS) is 17.6. The molecule has 8 nitrogen and oxygen atoms in total. The first kappa shape index (κ1) is 17.3. The molecule has 132 valence electrons. The number of rotatable bonds is 5. The predicted molar refractivity (Wildman–Crippen MR) is 93.7 cm³/mol. The summed E-state index contributed by atoms with van der Waals surface area (Å²) in [5.74, 6) is 0.311. The topological polar surface area (TPSA) is 117 Å². The Morgan fingerprint density at radius 3 is 2.96 bits per heavy atom. The maximum atomic E-state index is 12.7. The first-order valence-corrected chi connectivity index (χ1v) is 8.94. The van der Waals surface area contributed by atoms with Crippen molar-refractivity contribution < 1.29 is 19.6 Å². The Hall–Kier alpha value is -2.55. The highest BCUT2D eigenvalue weighted by Gasteiger charge is 2.29. The first-order valence-electron chi connectivity index (χ1n) is 7.79. The van der Waals surface area contributed by atoms with Gasteiger partial charge in [-0.15, -0.1) is 0 Å². The lowest BCUT2D eigenvalue weighted by Gasteiger charge is -2.34. The summed E-state index contributed by atoms with van der Waals surface area (Å²) in [6, 6.07) is 4.17. The fourth-order valence-corrected chi connectivity index (χ4v) is 4.11. The molecule has 1 fully saturated rings. The van der Waals surface area contributed by atoms with Gasteiger partial charge in [0.1, 0.15) is 0 Å². The van der Waals surface area contributed by atoms with Gasteiger partial charge in [0.2, 0.25) is 5.91 Å². The summed E-state index contributed by atoms with van der Waals surface area (Å²) in [5.41, 5.74) is 1.37. The zero-order valence-electron chi connectivity index (χ0n) is 13.3. The highest BCUT2D eigenvalue weighted by molar-refractivity contribution is 7.99. The number of nitrogens with zero attached hydrogens (tertiary/aromatic N) is 2. The second-order valence-electron chi connectivity index (χ2n) is 5.89. The van der Waals surface area contributed by atoms with E-state index in [1.165, 1.54) is 12.1 Å². The highest BCUT2D eigenvalue weighted by atomic mass is 32.2. The molecule has 0 saturated carbocycles. The van der Waals surface area contributed by atoms with E-state index in [9.17, 15) is 19.7 Å². The summed E-state index contributed by atoms with van der Waals surface area (Å²) in [6.45, 7) is 0.518. The van der Waals surface area contributed by atoms with Crippen LogP contribution in [0.3, 0.4) is 0 Å². The Morgan fingerprint density at radius 1 is 1.44 bits per heavy atom. The molecule has 9 heteroatoms. The Labute approximate surface area is 147 Å². The highest BCUT2D eigenvalue weighted by Crippen LogP contribution is 2.26. The summed E-state index contributed by atoms with van der Waals surface area (Å²) in [4.78, 5) is 38.8. The van der Waals surface area contributed by atoms with Gasteiger partial charge < -0.3 is 15.0 Å². The van der Waals surface area contributed by atoms with Gasteiger partial charge in [0.05, 0.1) is 23.8 Å². The number of nitrogens with one attached hydrogen (secondary N) is 1. The van der Waals surface area contributed by atoms with E-state index in [1.54, 1.807) is 28.9 Å². The number of carbonyl (C=O) groups excluding carboxylic acids is 1. The van der Waals surface area contributed by atoms with E-state index >= 15 is 0 Å². The number of amides is 1. The zero-order chi connectivity index (χ0) is 18.0. The summed E-state index contributed by atoms with van der Waals surface area (Å²) < 4.78 is 0. The molecule has 0 radical (unpaired) electrons. The van der Waals surface area contributed by atoms with Crippen LogP contribution in [0.4, 0.5) is 5.69 Å². The van der Waals surface area contributed by atoms with Gasteiger partial charge in [-0.25, -0.2) is 0 Å². The molecule has 1 aromatic heterocycles. The molecule has 2 N–H and O–H groups in total. The molecule has 1 saturated heterocycles. The standard InChI is InChI=1S/C16H17N3O5S/c20-15(18-3-4-25-9-12(18)7-16(21)22)5-10-8-17-14-2-1-11(19(23)24)6-13(10)14/h1-2,6,8,12,17H,3-5,7,9H2,(H,21,22). The number of hydrogen-bond acceptors (Lipinski definition) is 5. The van der Waals surface area contributed by atoms with E-state index in [1.807, 2.05) is 0 Å². The third-order valence-corrected chi connectivity index (χ3v) is 5.35. The van der Waals surface area contributed by atoms with E-state index in [-0.39, 0.29) is 30.5 Å². The average Bonchev–Trinajstić information content (AvgIpc) is 2.97. The van der Waals surface area contributed by atoms with Crippen molar-refractivity contribution in [3.05, 3.63) is 40.1 Å². The number of carboxylic acids is 1. The molecule has 1 atom stereocenters. The molecule has 0 spiro atoms. The van der Waals surface area contributed by atoms with Crippen molar-refractivity contribution in [1.82, 2.24) is 9.88 Å². The van der Waals surface area contributed by atoms with Crippen molar-refractivity contribution in [3.63, 3.8) is 0 Å². The number of aliphatic carboxylic acids is 1. The van der Waals surface area contributed by atoms with E-state index in [2.05, 4.69) is 4.98 Å². The average molecular weight is 363 g/mol. The second kappa shape index (κ2) is 7.14. The Balaban J connectivity index is 1.82. The number of non-ortho nitro benzene ring substituents is 1. The zero-order valence-corrected chi connectivity index (χ0v) is 14.1. The summed E-state index contributed by atoms with van der Waals surface area (Å²) >= 11 is 1.64. The van der Waals surface area contributed by atoms with Crippen LogP contribution in [-0.2, 0) is 16.0 Å². The molecule has 1 amide bonds. The number of fused-ring (bicyclic) bond motifs is 1. The predicted octanol–water partition coefficient (Wildman–Crippen LogP) is 2.04. The van der Waals surface area contributed by atoms with Gasteiger partial charge in [0, 0.05) is 47.3 Å². The molecule has 0 bridgehead atoms. The van der Waals surface area contributed by atoms with Crippen LogP contribution in [0, 0.1) is 10.1 Å². The Kier molecular flexibility index (Phi) is 4.93. The largest absolute Gasteiger partial charge is 0.481 e. The lowest BCUT2D eigenvalue weighted by Crippen LogP contribution is -2.47. The van der Waals surface area contributed by atoms with Gasteiger partial charge in [-0.05, 0) is 11.6 Å². The Bertz CT molecular complexity index is 834. The summed E-state index contributed by atoms with van der Waals surface area (Å²) in [5, 5.41) is 20.6. The fraction of sp³-hybridized carbons (Fsp3) is 0.375. The van der Waals surface area contributed by atoms with Crippen LogP contribution < -0.4 is 0 Å². The van der Waals surface area contributed by atoms with E-state index < -0.39 is 10.9 Å². The van der Waals surface area contributed by atoms with Crippen LogP contribution in [0.25, 0.3) is 10.9 Å². The van der Waals surface area contributed by atoms with Crippen LogP contribution in [-0.4, -0.2) is 55.9 Å². The van der Waals surface area contributed by atoms with Crippen LogP contribution in [0.1, 0.15) is 12.0 Å². The molecule has 1 aliphatic heterocycles. The number of hydrogen-bond donors (Lipinski definition) is 2. The number of aromatic amines is 1. The maximum absolute atomic E-state index is 12.7. The van der Waals surface area contributed by atoms with Crippen molar-refractivity contribution in [2.45, 2.75) is 18.9 Å². The molecule has 2 aromatic rings. The van der Waals surface area contributed by atoms with Gasteiger partial charge in [-0.2, -0.15) is 11.8 Å². The number of H-pyrrole nitrogens is 1. The molecule has 1 unspecified atom stereocenters. The van der Waals surface area contributed by atoms with Crippen molar-refractivity contribution in [2.24, 2.45) is 0 Å². The van der Waals surface area contributed by atoms with Gasteiger partial charge in [-0.3, -0.25) is 19.7 Å². The molecular formula is C16H17N3O5S. The molecule has 1 aromatic carbocycles. The molecule has 0 aliphatic carbocycles. The van der Waals surface area contributed by atoms with E-state index in [0.29, 0.717) is 23.2 Å². The Morgan fingerprint density at radius 2 is 2.24 bits per heavy atom. The number of benzene rings is 1. The monoisotopic (exact) mass is 363 g/mol. The number of thioether (sulfide) groups is 1. The van der Waals surface area contributed by atoms with Gasteiger partial charge in [0.15, 0.2) is 0 Å². The third-order valence-electron chi connectivity index (χ3n) is 4.26.